The first-order chi connectivity index (χ1) is 7.85. The Morgan fingerprint density at radius 2 is 1.67 bits per heavy atom. The summed E-state index contributed by atoms with van der Waals surface area (Å²) in [4.78, 5) is 31.0. The third kappa shape index (κ3) is 10.1. The van der Waals surface area contributed by atoms with Crippen molar-refractivity contribution in [2.24, 2.45) is 0 Å². The lowest BCUT2D eigenvalue weighted by Gasteiger charge is -2.15. The molecule has 12 heteroatoms. The molecule has 0 radical (unpaired) electrons. The minimum Gasteiger partial charge on any atom is -0.394 e. The molecule has 0 aliphatic carbocycles. The molecule has 10 nitrogen and oxygen atoms in total. The van der Waals surface area contributed by atoms with E-state index in [0.717, 1.165) is 0 Å². The van der Waals surface area contributed by atoms with Crippen molar-refractivity contribution in [1.29, 1.82) is 0 Å². The van der Waals surface area contributed by atoms with Gasteiger partial charge in [0, 0.05) is 0 Å². The molecule has 110 valence electrons. The lowest BCUT2D eigenvalue weighted by atomic mass is 10.4. The summed E-state index contributed by atoms with van der Waals surface area (Å²) in [6.07, 6.45) is -0.125. The highest BCUT2D eigenvalue weighted by molar-refractivity contribution is 7.60. The standard InChI is InChI=1S/C6H12O3.H4O7P2/c1-6(2)8-4-5(3-7)9-6;1-8(2,3)7-9(4,5)6/h5,7H,3-4H2,1-2H3;(H2,1,2,3)(H2,4,5,6). The van der Waals surface area contributed by atoms with Crippen LogP contribution in [0.15, 0.2) is 0 Å². The SMILES string of the molecule is CC1(C)OCC(CO)O1.O=P(O)(O)OP(=O)(O)O. The van der Waals surface area contributed by atoms with Crippen molar-refractivity contribution in [3.05, 3.63) is 0 Å². The topological polar surface area (TPSA) is 163 Å². The van der Waals surface area contributed by atoms with Gasteiger partial charge in [0.2, 0.25) is 0 Å². The van der Waals surface area contributed by atoms with Gasteiger partial charge in [-0.3, -0.25) is 0 Å². The molecule has 18 heavy (non-hydrogen) atoms. The molecule has 1 atom stereocenters. The molecule has 0 aromatic rings. The first-order valence-electron chi connectivity index (χ1n) is 4.60. The normalized spacial score (nSPS) is 23.4. The number of phosphoric acid groups is 2. The molecule has 1 saturated heterocycles. The van der Waals surface area contributed by atoms with Crippen LogP contribution in [0.2, 0.25) is 0 Å². The number of aliphatic hydroxyl groups is 1. The Kier molecular flexibility index (Phi) is 6.59. The lowest BCUT2D eigenvalue weighted by Crippen LogP contribution is -2.22. The van der Waals surface area contributed by atoms with Gasteiger partial charge in [-0.2, -0.15) is 4.31 Å². The predicted octanol–water partition coefficient (Wildman–Crippen LogP) is -0.681. The van der Waals surface area contributed by atoms with Crippen molar-refractivity contribution in [2.45, 2.75) is 25.7 Å². The highest BCUT2D eigenvalue weighted by atomic mass is 31.3. The van der Waals surface area contributed by atoms with E-state index in [1.165, 1.54) is 0 Å². The number of rotatable bonds is 3. The summed E-state index contributed by atoms with van der Waals surface area (Å²) < 4.78 is 32.6. The number of ether oxygens (including phenoxy) is 2. The van der Waals surface area contributed by atoms with Crippen LogP contribution in [-0.2, 0) is 22.9 Å². The summed E-state index contributed by atoms with van der Waals surface area (Å²) in [6.45, 7) is 4.22. The van der Waals surface area contributed by atoms with E-state index in [0.29, 0.717) is 6.61 Å². The van der Waals surface area contributed by atoms with E-state index >= 15 is 0 Å². The fraction of sp³-hybridized carbons (Fsp3) is 1.00. The number of aliphatic hydroxyl groups excluding tert-OH is 1. The second kappa shape index (κ2) is 6.53. The summed E-state index contributed by atoms with van der Waals surface area (Å²) in [7, 11) is -10.1. The van der Waals surface area contributed by atoms with Gasteiger partial charge in [-0.05, 0) is 13.8 Å². The average molecular weight is 310 g/mol. The fourth-order valence-corrected chi connectivity index (χ4v) is 2.10. The zero-order valence-electron chi connectivity index (χ0n) is 9.66. The van der Waals surface area contributed by atoms with Crippen molar-refractivity contribution in [3.63, 3.8) is 0 Å². The first-order valence-corrected chi connectivity index (χ1v) is 7.66. The molecule has 0 spiro atoms. The van der Waals surface area contributed by atoms with Crippen LogP contribution in [0.25, 0.3) is 0 Å². The third-order valence-corrected chi connectivity index (χ3v) is 3.19. The molecule has 1 fully saturated rings. The van der Waals surface area contributed by atoms with E-state index < -0.39 is 21.4 Å². The van der Waals surface area contributed by atoms with Gasteiger partial charge in [-0.1, -0.05) is 0 Å². The molecule has 1 unspecified atom stereocenters. The molecule has 0 bridgehead atoms. The Morgan fingerprint density at radius 1 is 1.22 bits per heavy atom. The van der Waals surface area contributed by atoms with Crippen LogP contribution < -0.4 is 0 Å². The average Bonchev–Trinajstić information content (AvgIpc) is 2.39. The molecular weight excluding hydrogens is 294 g/mol. The summed E-state index contributed by atoms with van der Waals surface area (Å²) in [5.41, 5.74) is 0. The Hall–Kier alpha value is 0.140. The first kappa shape index (κ1) is 18.1. The van der Waals surface area contributed by atoms with Crippen molar-refractivity contribution in [2.75, 3.05) is 13.2 Å². The van der Waals surface area contributed by atoms with Crippen LogP contribution in [0.4, 0.5) is 0 Å². The van der Waals surface area contributed by atoms with E-state index in [2.05, 4.69) is 4.31 Å². The second-order valence-electron chi connectivity index (χ2n) is 3.70. The smallest absolute Gasteiger partial charge is 0.394 e. The molecule has 1 aliphatic heterocycles. The molecule has 1 rings (SSSR count). The van der Waals surface area contributed by atoms with Crippen LogP contribution in [0, 0.1) is 0 Å². The van der Waals surface area contributed by atoms with Crippen LogP contribution in [0.1, 0.15) is 13.8 Å². The van der Waals surface area contributed by atoms with Crippen molar-refractivity contribution >= 4 is 15.6 Å². The summed E-state index contributed by atoms with van der Waals surface area (Å²) in [5.74, 6) is -0.493. The quantitative estimate of drug-likeness (QED) is 0.422. The Labute approximate surface area is 103 Å². The van der Waals surface area contributed by atoms with E-state index in [1.54, 1.807) is 0 Å². The molecule has 1 heterocycles. The van der Waals surface area contributed by atoms with Gasteiger partial charge in [0.1, 0.15) is 6.10 Å². The van der Waals surface area contributed by atoms with Gasteiger partial charge in [-0.25, -0.2) is 9.13 Å². The summed E-state index contributed by atoms with van der Waals surface area (Å²) in [5, 5.41) is 8.59. The maximum absolute atomic E-state index is 9.63. The van der Waals surface area contributed by atoms with Gasteiger partial charge in [0.25, 0.3) is 0 Å². The Bertz CT molecular complexity index is 322. The molecule has 0 amide bonds. The Morgan fingerprint density at radius 3 is 1.78 bits per heavy atom. The highest BCUT2D eigenvalue weighted by Crippen LogP contribution is 2.53. The van der Waals surface area contributed by atoms with Gasteiger partial charge in [-0.15, -0.1) is 0 Å². The van der Waals surface area contributed by atoms with Crippen LogP contribution in [0.3, 0.4) is 0 Å². The molecule has 0 aromatic heterocycles. The monoisotopic (exact) mass is 310 g/mol. The van der Waals surface area contributed by atoms with E-state index in [4.69, 9.17) is 34.2 Å². The zero-order valence-corrected chi connectivity index (χ0v) is 11.5. The molecule has 1 aliphatic rings. The van der Waals surface area contributed by atoms with Gasteiger partial charge in [0.15, 0.2) is 5.79 Å². The number of hydrogen-bond acceptors (Lipinski definition) is 6. The van der Waals surface area contributed by atoms with Crippen molar-refractivity contribution in [1.82, 2.24) is 0 Å². The molecule has 0 saturated carbocycles. The summed E-state index contributed by atoms with van der Waals surface area (Å²) in [6, 6.07) is 0. The van der Waals surface area contributed by atoms with Crippen molar-refractivity contribution in [3.8, 4) is 0 Å². The van der Waals surface area contributed by atoms with Crippen LogP contribution >= 0.6 is 15.6 Å². The highest BCUT2D eigenvalue weighted by Gasteiger charge is 2.31. The number of hydrogen-bond donors (Lipinski definition) is 5. The van der Waals surface area contributed by atoms with Gasteiger partial charge in [0.05, 0.1) is 13.2 Å². The molecular formula is C6H16O10P2. The third-order valence-electron chi connectivity index (χ3n) is 1.48. The zero-order chi connectivity index (χ0) is 14.6. The van der Waals surface area contributed by atoms with E-state index in [-0.39, 0.29) is 12.7 Å². The maximum atomic E-state index is 9.63. The lowest BCUT2D eigenvalue weighted by molar-refractivity contribution is -0.142. The molecule has 5 N–H and O–H groups in total. The second-order valence-corrected chi connectivity index (χ2v) is 6.31. The van der Waals surface area contributed by atoms with Gasteiger partial charge < -0.3 is 34.2 Å². The fourth-order valence-electron chi connectivity index (χ4n) is 0.992. The minimum atomic E-state index is -5.05. The summed E-state index contributed by atoms with van der Waals surface area (Å²) >= 11 is 0. The van der Waals surface area contributed by atoms with Crippen LogP contribution in [-0.4, -0.2) is 49.8 Å². The largest absolute Gasteiger partial charge is 0.478 e. The van der Waals surface area contributed by atoms with Crippen molar-refractivity contribution < 1.29 is 47.6 Å². The minimum absolute atomic E-state index is 0.0451. The Balaban J connectivity index is 0.000000321. The predicted molar refractivity (Wildman–Crippen MR) is 57.2 cm³/mol. The van der Waals surface area contributed by atoms with E-state index in [9.17, 15) is 9.13 Å². The molecule has 0 aromatic carbocycles. The van der Waals surface area contributed by atoms with Crippen LogP contribution in [0.5, 0.6) is 0 Å². The van der Waals surface area contributed by atoms with E-state index in [1.807, 2.05) is 13.8 Å². The van der Waals surface area contributed by atoms with Gasteiger partial charge >= 0.3 is 15.6 Å². The maximum Gasteiger partial charge on any atom is 0.478 e.